The lowest BCUT2D eigenvalue weighted by atomic mass is 9.89. The summed E-state index contributed by atoms with van der Waals surface area (Å²) < 4.78 is 45.7. The van der Waals surface area contributed by atoms with Crippen LogP contribution in [0.5, 0.6) is 0 Å². The lowest BCUT2D eigenvalue weighted by Crippen LogP contribution is -2.49. The van der Waals surface area contributed by atoms with Gasteiger partial charge in [-0.2, -0.15) is 13.2 Å². The predicted octanol–water partition coefficient (Wildman–Crippen LogP) is 3.96. The Kier molecular flexibility index (Phi) is 4.42. The number of cyclic esters (lactones) is 1. The van der Waals surface area contributed by atoms with Crippen molar-refractivity contribution in [2.45, 2.75) is 32.0 Å². The number of nitro benzene ring substituents is 1. The first-order valence-electron chi connectivity index (χ1n) is 6.92. The average molecular weight is 342 g/mol. The molecule has 0 bridgehead atoms. The van der Waals surface area contributed by atoms with Crippen molar-refractivity contribution < 1.29 is 27.6 Å². The molecule has 1 atom stereocenters. The smallest absolute Gasteiger partial charge is 0.415 e. The number of nitrogens with zero attached hydrogens (tertiary/aromatic N) is 1. The van der Waals surface area contributed by atoms with Gasteiger partial charge < -0.3 is 4.74 Å². The topological polar surface area (TPSA) is 81.5 Å². The molecule has 0 aliphatic carbocycles. The summed E-state index contributed by atoms with van der Waals surface area (Å²) in [5.41, 5.74) is -4.65. The zero-order chi connectivity index (χ0) is 18.1. The second-order valence-corrected chi connectivity index (χ2v) is 5.58. The first kappa shape index (κ1) is 17.6. The second kappa shape index (κ2) is 6.03. The number of halogens is 3. The van der Waals surface area contributed by atoms with Gasteiger partial charge >= 0.3 is 12.3 Å². The van der Waals surface area contributed by atoms with E-state index >= 15 is 0 Å². The fourth-order valence-electron chi connectivity index (χ4n) is 2.13. The molecule has 1 amide bonds. The summed E-state index contributed by atoms with van der Waals surface area (Å²) in [7, 11) is 0. The van der Waals surface area contributed by atoms with Crippen LogP contribution in [0.4, 0.5) is 29.3 Å². The molecular formula is C15H13F3N2O4. The van der Waals surface area contributed by atoms with Crippen LogP contribution in [0.3, 0.4) is 0 Å². The van der Waals surface area contributed by atoms with Crippen molar-refractivity contribution in [1.82, 2.24) is 0 Å². The van der Waals surface area contributed by atoms with Gasteiger partial charge in [0.1, 0.15) is 0 Å². The van der Waals surface area contributed by atoms with Crippen molar-refractivity contribution in [1.29, 1.82) is 0 Å². The molecule has 1 unspecified atom stereocenters. The molecular weight excluding hydrogens is 329 g/mol. The summed E-state index contributed by atoms with van der Waals surface area (Å²) in [5.74, 6) is 4.35. The van der Waals surface area contributed by atoms with E-state index in [-0.39, 0.29) is 18.0 Å². The van der Waals surface area contributed by atoms with Gasteiger partial charge in [0.25, 0.3) is 11.3 Å². The number of anilines is 1. The summed E-state index contributed by atoms with van der Waals surface area (Å²) in [6, 6.07) is 2.73. The molecule has 6 nitrogen and oxygen atoms in total. The number of hydrogen-bond acceptors (Lipinski definition) is 4. The van der Waals surface area contributed by atoms with Crippen molar-refractivity contribution in [3.63, 3.8) is 0 Å². The zero-order valence-electron chi connectivity index (χ0n) is 12.7. The summed E-state index contributed by atoms with van der Waals surface area (Å²) in [6.07, 6.45) is -6.25. The molecule has 0 aromatic heterocycles. The Balaban J connectivity index is 2.70. The molecule has 2 rings (SSSR count). The standard InChI is InChI=1S/C15H13F3N2O4/c1-9(2)4-3-7-14(15(16,17)18)11-8-10(20(22)23)5-6-12(11)19-13(21)24-14/h5-6,8-9H,4H2,1-2H3,(H,19,21). The van der Waals surface area contributed by atoms with Crippen LogP contribution >= 0.6 is 0 Å². The van der Waals surface area contributed by atoms with Gasteiger partial charge in [-0.05, 0) is 17.9 Å². The van der Waals surface area contributed by atoms with Gasteiger partial charge in [0, 0.05) is 24.1 Å². The van der Waals surface area contributed by atoms with Crippen molar-refractivity contribution in [2.75, 3.05) is 5.32 Å². The maximum Gasteiger partial charge on any atom is 0.445 e. The minimum Gasteiger partial charge on any atom is -0.415 e. The van der Waals surface area contributed by atoms with E-state index in [1.807, 2.05) is 5.92 Å². The number of amides is 1. The van der Waals surface area contributed by atoms with Gasteiger partial charge in [-0.3, -0.25) is 15.4 Å². The van der Waals surface area contributed by atoms with Gasteiger partial charge in [-0.1, -0.05) is 19.8 Å². The van der Waals surface area contributed by atoms with E-state index in [1.165, 1.54) is 0 Å². The number of nitrogens with one attached hydrogen (secondary N) is 1. The summed E-state index contributed by atoms with van der Waals surface area (Å²) >= 11 is 0. The van der Waals surface area contributed by atoms with Crippen molar-refractivity contribution in [3.8, 4) is 11.8 Å². The third-order valence-electron chi connectivity index (χ3n) is 3.25. The first-order valence-corrected chi connectivity index (χ1v) is 6.92. The van der Waals surface area contributed by atoms with Crippen LogP contribution < -0.4 is 5.32 Å². The molecule has 0 radical (unpaired) electrons. The SMILES string of the molecule is CC(C)CC#CC1(C(F)(F)F)OC(=O)Nc2ccc([N+](=O)[O-])cc21. The number of ether oxygens (including phenoxy) is 1. The summed E-state index contributed by atoms with van der Waals surface area (Å²) in [6.45, 7) is 3.53. The molecule has 24 heavy (non-hydrogen) atoms. The highest BCUT2D eigenvalue weighted by Crippen LogP contribution is 2.48. The molecule has 1 aliphatic heterocycles. The lowest BCUT2D eigenvalue weighted by molar-refractivity contribution is -0.385. The number of benzene rings is 1. The first-order chi connectivity index (χ1) is 11.1. The molecule has 128 valence electrons. The van der Waals surface area contributed by atoms with Gasteiger partial charge in [-0.15, -0.1) is 0 Å². The number of carbonyl (C=O) groups excluding carboxylic acids is 1. The van der Waals surface area contributed by atoms with Crippen molar-refractivity contribution >= 4 is 17.5 Å². The number of non-ortho nitro benzene ring substituents is 1. The van der Waals surface area contributed by atoms with E-state index in [1.54, 1.807) is 13.8 Å². The van der Waals surface area contributed by atoms with Gasteiger partial charge in [-0.25, -0.2) is 4.79 Å². The quantitative estimate of drug-likeness (QED) is 0.501. The van der Waals surface area contributed by atoms with Crippen molar-refractivity contribution in [2.24, 2.45) is 5.92 Å². The third kappa shape index (κ3) is 3.13. The normalized spacial score (nSPS) is 19.7. The molecule has 0 saturated carbocycles. The number of alkyl halides is 3. The Morgan fingerprint density at radius 3 is 2.62 bits per heavy atom. The molecule has 1 aromatic carbocycles. The molecule has 1 heterocycles. The minimum atomic E-state index is -5.07. The Morgan fingerprint density at radius 1 is 1.42 bits per heavy atom. The van der Waals surface area contributed by atoms with Crippen LogP contribution in [0.1, 0.15) is 25.8 Å². The highest BCUT2D eigenvalue weighted by atomic mass is 19.4. The Bertz CT molecular complexity index is 749. The Hall–Kier alpha value is -2.76. The number of rotatable bonds is 2. The van der Waals surface area contributed by atoms with E-state index in [0.717, 1.165) is 12.1 Å². The summed E-state index contributed by atoms with van der Waals surface area (Å²) in [4.78, 5) is 21.6. The summed E-state index contributed by atoms with van der Waals surface area (Å²) in [5, 5.41) is 13.0. The van der Waals surface area contributed by atoms with Crippen LogP contribution in [0, 0.1) is 27.9 Å². The van der Waals surface area contributed by atoms with Crippen LogP contribution in [0.15, 0.2) is 18.2 Å². The predicted molar refractivity (Wildman–Crippen MR) is 78.2 cm³/mol. The van der Waals surface area contributed by atoms with Crippen molar-refractivity contribution in [3.05, 3.63) is 33.9 Å². The second-order valence-electron chi connectivity index (χ2n) is 5.58. The van der Waals surface area contributed by atoms with E-state index in [2.05, 4.69) is 16.0 Å². The van der Waals surface area contributed by atoms with Crippen LogP contribution in [0.25, 0.3) is 0 Å². The lowest BCUT2D eigenvalue weighted by Gasteiger charge is -2.35. The average Bonchev–Trinajstić information content (AvgIpc) is 2.44. The molecule has 1 N–H and O–H groups in total. The molecule has 1 aliphatic rings. The molecule has 0 spiro atoms. The van der Waals surface area contributed by atoms with Crippen LogP contribution in [-0.4, -0.2) is 17.2 Å². The molecule has 1 aromatic rings. The largest absolute Gasteiger partial charge is 0.445 e. The van der Waals surface area contributed by atoms with E-state index in [4.69, 9.17) is 0 Å². The van der Waals surface area contributed by atoms with Crippen LogP contribution in [0.2, 0.25) is 0 Å². The third-order valence-corrected chi connectivity index (χ3v) is 3.25. The highest BCUT2D eigenvalue weighted by molar-refractivity contribution is 5.90. The monoisotopic (exact) mass is 342 g/mol. The van der Waals surface area contributed by atoms with Gasteiger partial charge in [0.15, 0.2) is 0 Å². The fourth-order valence-corrected chi connectivity index (χ4v) is 2.13. The van der Waals surface area contributed by atoms with Crippen LogP contribution in [-0.2, 0) is 10.3 Å². The fraction of sp³-hybridized carbons (Fsp3) is 0.400. The number of fused-ring (bicyclic) bond motifs is 1. The number of carbonyl (C=O) groups is 1. The highest BCUT2D eigenvalue weighted by Gasteiger charge is 2.62. The Labute approximate surface area is 135 Å². The molecule has 9 heteroatoms. The zero-order valence-corrected chi connectivity index (χ0v) is 12.7. The van der Waals surface area contributed by atoms with E-state index in [0.29, 0.717) is 6.07 Å². The molecule has 0 fully saturated rings. The van der Waals surface area contributed by atoms with Gasteiger partial charge in [0.05, 0.1) is 10.6 Å². The Morgan fingerprint density at radius 2 is 2.08 bits per heavy atom. The van der Waals surface area contributed by atoms with E-state index in [9.17, 15) is 28.1 Å². The maximum absolute atomic E-state index is 13.7. The maximum atomic E-state index is 13.7. The van der Waals surface area contributed by atoms with Gasteiger partial charge in [0.2, 0.25) is 0 Å². The minimum absolute atomic E-state index is 0.00443. The number of hydrogen-bond donors (Lipinski definition) is 1. The molecule has 0 saturated heterocycles. The number of nitro groups is 1. The van der Waals surface area contributed by atoms with E-state index < -0.39 is 34.0 Å².